The molecule has 2 aromatic carbocycles. The maximum absolute atomic E-state index is 5.69. The van der Waals surface area contributed by atoms with E-state index in [1.54, 1.807) is 7.11 Å². The highest BCUT2D eigenvalue weighted by molar-refractivity contribution is 5.88. The van der Waals surface area contributed by atoms with E-state index in [9.17, 15) is 0 Å². The minimum Gasteiger partial charge on any atom is -0.493 e. The van der Waals surface area contributed by atoms with E-state index in [1.165, 1.54) is 10.8 Å². The summed E-state index contributed by atoms with van der Waals surface area (Å²) in [4.78, 5) is 0. The van der Waals surface area contributed by atoms with E-state index >= 15 is 0 Å². The first-order chi connectivity index (χ1) is 8.27. The molecule has 0 radical (unpaired) electrons. The highest BCUT2D eigenvalue weighted by atomic mass is 16.5. The van der Waals surface area contributed by atoms with Crippen molar-refractivity contribution in [3.63, 3.8) is 0 Å². The second-order valence-electron chi connectivity index (χ2n) is 4.01. The summed E-state index contributed by atoms with van der Waals surface area (Å²) in [5, 5.41) is 2.42. The minimum absolute atomic E-state index is 0.0302. The van der Waals surface area contributed by atoms with Crippen LogP contribution in [0, 0.1) is 0 Å². The van der Waals surface area contributed by atoms with Gasteiger partial charge < -0.3 is 9.47 Å². The Bertz CT molecular complexity index is 505. The Morgan fingerprint density at radius 2 is 1.88 bits per heavy atom. The van der Waals surface area contributed by atoms with Crippen molar-refractivity contribution >= 4 is 10.8 Å². The van der Waals surface area contributed by atoms with E-state index < -0.39 is 0 Å². The minimum atomic E-state index is 0.0302. The van der Waals surface area contributed by atoms with Crippen LogP contribution in [0.2, 0.25) is 0 Å². The number of ether oxygens (including phenoxy) is 2. The fourth-order valence-electron chi connectivity index (χ4n) is 2.09. The summed E-state index contributed by atoms with van der Waals surface area (Å²) in [5.41, 5.74) is 1.13. The molecule has 0 bridgehead atoms. The molecule has 0 fully saturated rings. The van der Waals surface area contributed by atoms with E-state index in [0.717, 1.165) is 11.3 Å². The van der Waals surface area contributed by atoms with E-state index in [0.29, 0.717) is 6.61 Å². The summed E-state index contributed by atoms with van der Waals surface area (Å²) in [6, 6.07) is 12.4. The zero-order valence-corrected chi connectivity index (χ0v) is 10.6. The molecule has 0 saturated heterocycles. The molecule has 0 saturated carbocycles. The van der Waals surface area contributed by atoms with Gasteiger partial charge in [-0.3, -0.25) is 0 Å². The van der Waals surface area contributed by atoms with Crippen LogP contribution in [-0.4, -0.2) is 13.7 Å². The Morgan fingerprint density at radius 3 is 2.59 bits per heavy atom. The topological polar surface area (TPSA) is 18.5 Å². The highest BCUT2D eigenvalue weighted by Crippen LogP contribution is 2.34. The molecule has 0 aliphatic carbocycles. The van der Waals surface area contributed by atoms with Crippen LogP contribution >= 0.6 is 0 Å². The number of benzene rings is 2. The van der Waals surface area contributed by atoms with Gasteiger partial charge in [0.2, 0.25) is 0 Å². The molecule has 2 nitrogen and oxygen atoms in total. The molecule has 0 aromatic heterocycles. The van der Waals surface area contributed by atoms with Gasteiger partial charge in [0, 0.05) is 12.7 Å². The summed E-state index contributed by atoms with van der Waals surface area (Å²) < 4.78 is 11.1. The van der Waals surface area contributed by atoms with Crippen molar-refractivity contribution in [3.05, 3.63) is 42.0 Å². The highest BCUT2D eigenvalue weighted by Gasteiger charge is 2.14. The lowest BCUT2D eigenvalue weighted by Gasteiger charge is -2.18. The van der Waals surface area contributed by atoms with E-state index in [2.05, 4.69) is 18.2 Å². The third-order valence-electron chi connectivity index (χ3n) is 2.99. The molecule has 2 heteroatoms. The molecule has 17 heavy (non-hydrogen) atoms. The summed E-state index contributed by atoms with van der Waals surface area (Å²) in [6.45, 7) is 4.71. The van der Waals surface area contributed by atoms with Gasteiger partial charge in [-0.25, -0.2) is 0 Å². The zero-order chi connectivity index (χ0) is 12.3. The molecule has 0 spiro atoms. The van der Waals surface area contributed by atoms with Crippen LogP contribution in [0.1, 0.15) is 25.5 Å². The van der Waals surface area contributed by atoms with Crippen molar-refractivity contribution in [2.45, 2.75) is 20.0 Å². The Labute approximate surface area is 102 Å². The van der Waals surface area contributed by atoms with Crippen molar-refractivity contribution in [1.29, 1.82) is 0 Å². The molecule has 0 amide bonds. The number of fused-ring (bicyclic) bond motifs is 1. The molecule has 0 aliphatic rings. The van der Waals surface area contributed by atoms with Crippen molar-refractivity contribution in [3.8, 4) is 5.75 Å². The molecule has 2 rings (SSSR count). The van der Waals surface area contributed by atoms with Gasteiger partial charge in [0.25, 0.3) is 0 Å². The second kappa shape index (κ2) is 5.19. The first kappa shape index (κ1) is 11.9. The zero-order valence-electron chi connectivity index (χ0n) is 10.6. The molecule has 1 unspecified atom stereocenters. The van der Waals surface area contributed by atoms with Crippen molar-refractivity contribution in [2.75, 3.05) is 13.7 Å². The van der Waals surface area contributed by atoms with Gasteiger partial charge >= 0.3 is 0 Å². The standard InChI is InChI=1S/C15H18O2/c1-4-17-14-10-9-12-7-5-6-8-13(12)15(14)11(2)16-3/h5-11H,4H2,1-3H3. The fraction of sp³-hybridized carbons (Fsp3) is 0.333. The number of rotatable bonds is 4. The summed E-state index contributed by atoms with van der Waals surface area (Å²) in [6.07, 6.45) is 0.0302. The molecule has 0 heterocycles. The number of hydrogen-bond donors (Lipinski definition) is 0. The predicted molar refractivity (Wildman–Crippen MR) is 70.5 cm³/mol. The first-order valence-electron chi connectivity index (χ1n) is 5.95. The molecule has 1 atom stereocenters. The normalized spacial score (nSPS) is 12.6. The average molecular weight is 230 g/mol. The fourth-order valence-corrected chi connectivity index (χ4v) is 2.09. The monoisotopic (exact) mass is 230 g/mol. The van der Waals surface area contributed by atoms with E-state index in [4.69, 9.17) is 9.47 Å². The predicted octanol–water partition coefficient (Wildman–Crippen LogP) is 3.95. The lowest BCUT2D eigenvalue weighted by atomic mass is 10.00. The first-order valence-corrected chi connectivity index (χ1v) is 5.95. The molecule has 0 aliphatic heterocycles. The van der Waals surface area contributed by atoms with Crippen molar-refractivity contribution in [1.82, 2.24) is 0 Å². The summed E-state index contributed by atoms with van der Waals surface area (Å²) in [5.74, 6) is 0.917. The Hall–Kier alpha value is -1.54. The Balaban J connectivity index is 2.65. The van der Waals surface area contributed by atoms with Crippen LogP contribution in [0.25, 0.3) is 10.8 Å². The number of methoxy groups -OCH3 is 1. The van der Waals surface area contributed by atoms with Crippen LogP contribution < -0.4 is 4.74 Å². The Kier molecular flexibility index (Phi) is 3.64. The quantitative estimate of drug-likeness (QED) is 0.791. The van der Waals surface area contributed by atoms with Gasteiger partial charge in [0.15, 0.2) is 0 Å². The van der Waals surface area contributed by atoms with E-state index in [-0.39, 0.29) is 6.10 Å². The lowest BCUT2D eigenvalue weighted by Crippen LogP contribution is -2.02. The third-order valence-corrected chi connectivity index (χ3v) is 2.99. The van der Waals surface area contributed by atoms with Gasteiger partial charge in [0.1, 0.15) is 5.75 Å². The molecule has 90 valence electrons. The van der Waals surface area contributed by atoms with Crippen LogP contribution in [0.3, 0.4) is 0 Å². The molecular weight excluding hydrogens is 212 g/mol. The average Bonchev–Trinajstić information content (AvgIpc) is 2.38. The molecular formula is C15H18O2. The Morgan fingerprint density at radius 1 is 1.12 bits per heavy atom. The van der Waals surface area contributed by atoms with Crippen molar-refractivity contribution < 1.29 is 9.47 Å². The van der Waals surface area contributed by atoms with Crippen LogP contribution in [0.4, 0.5) is 0 Å². The van der Waals surface area contributed by atoms with Gasteiger partial charge in [-0.2, -0.15) is 0 Å². The van der Waals surface area contributed by atoms with Gasteiger partial charge in [-0.05, 0) is 30.7 Å². The summed E-state index contributed by atoms with van der Waals surface area (Å²) in [7, 11) is 1.72. The van der Waals surface area contributed by atoms with Gasteiger partial charge in [-0.15, -0.1) is 0 Å². The van der Waals surface area contributed by atoms with Gasteiger partial charge in [0.05, 0.1) is 12.7 Å². The second-order valence-corrected chi connectivity index (χ2v) is 4.01. The van der Waals surface area contributed by atoms with Crippen LogP contribution in [0.5, 0.6) is 5.75 Å². The van der Waals surface area contributed by atoms with Crippen LogP contribution in [-0.2, 0) is 4.74 Å². The number of hydrogen-bond acceptors (Lipinski definition) is 2. The van der Waals surface area contributed by atoms with Gasteiger partial charge in [-0.1, -0.05) is 30.3 Å². The lowest BCUT2D eigenvalue weighted by molar-refractivity contribution is 0.117. The molecule has 0 N–H and O–H groups in total. The van der Waals surface area contributed by atoms with Crippen LogP contribution in [0.15, 0.2) is 36.4 Å². The third kappa shape index (κ3) is 2.27. The molecule has 2 aromatic rings. The van der Waals surface area contributed by atoms with E-state index in [1.807, 2.05) is 32.0 Å². The SMILES string of the molecule is CCOc1ccc2ccccc2c1C(C)OC. The smallest absolute Gasteiger partial charge is 0.125 e. The maximum atomic E-state index is 5.69. The largest absolute Gasteiger partial charge is 0.493 e. The van der Waals surface area contributed by atoms with Crippen molar-refractivity contribution in [2.24, 2.45) is 0 Å². The summed E-state index contributed by atoms with van der Waals surface area (Å²) >= 11 is 0. The maximum Gasteiger partial charge on any atom is 0.125 e.